The number of aromatic nitrogens is 3. The number of nitrogens with zero attached hydrogens (tertiary/aromatic N) is 3. The van der Waals surface area contributed by atoms with E-state index in [4.69, 9.17) is 17.0 Å². The summed E-state index contributed by atoms with van der Waals surface area (Å²) >= 11 is 5.31. The molecule has 0 aromatic carbocycles. The van der Waals surface area contributed by atoms with Crippen molar-refractivity contribution in [3.05, 3.63) is 4.77 Å². The second kappa shape index (κ2) is 5.40. The smallest absolute Gasteiger partial charge is 0.226 e. The number of nitrogens with one attached hydrogen (secondary N) is 1. The van der Waals surface area contributed by atoms with Gasteiger partial charge in [-0.15, -0.1) is 5.10 Å². The van der Waals surface area contributed by atoms with Crippen LogP contribution in [0.5, 0.6) is 0 Å². The first-order valence-corrected chi connectivity index (χ1v) is 7.00. The van der Waals surface area contributed by atoms with Gasteiger partial charge in [0, 0.05) is 12.6 Å². The van der Waals surface area contributed by atoms with E-state index in [1.54, 1.807) is 0 Å². The minimum absolute atomic E-state index is 0.235. The molecule has 1 aromatic heterocycles. The number of hydrogen-bond acceptors (Lipinski definition) is 4. The van der Waals surface area contributed by atoms with Crippen molar-refractivity contribution in [1.29, 1.82) is 0 Å². The van der Waals surface area contributed by atoms with Gasteiger partial charge < -0.3 is 9.64 Å². The van der Waals surface area contributed by atoms with Gasteiger partial charge in [-0.2, -0.15) is 0 Å². The Kier molecular flexibility index (Phi) is 4.07. The minimum Gasteiger partial charge on any atom is -0.375 e. The van der Waals surface area contributed by atoms with Gasteiger partial charge in [0.2, 0.25) is 5.95 Å². The summed E-state index contributed by atoms with van der Waals surface area (Å²) < 4.78 is 8.49. The molecule has 0 aliphatic carbocycles. The van der Waals surface area contributed by atoms with Gasteiger partial charge in [0.25, 0.3) is 0 Å². The first-order valence-electron chi connectivity index (χ1n) is 6.59. The van der Waals surface area contributed by atoms with E-state index in [0.717, 1.165) is 25.5 Å². The summed E-state index contributed by atoms with van der Waals surface area (Å²) in [4.78, 5) is 2.32. The molecule has 18 heavy (non-hydrogen) atoms. The van der Waals surface area contributed by atoms with Crippen molar-refractivity contribution in [2.75, 3.05) is 18.1 Å². The molecule has 0 saturated carbocycles. The Morgan fingerprint density at radius 3 is 2.89 bits per heavy atom. The summed E-state index contributed by atoms with van der Waals surface area (Å²) in [5.41, 5.74) is 0. The van der Waals surface area contributed by atoms with Crippen LogP contribution < -0.4 is 4.90 Å². The van der Waals surface area contributed by atoms with Crippen molar-refractivity contribution in [2.24, 2.45) is 0 Å². The van der Waals surface area contributed by atoms with Gasteiger partial charge in [0.1, 0.15) is 0 Å². The van der Waals surface area contributed by atoms with Gasteiger partial charge in [-0.05, 0) is 39.4 Å². The van der Waals surface area contributed by atoms with Crippen LogP contribution >= 0.6 is 12.2 Å². The molecule has 0 radical (unpaired) electrons. The fourth-order valence-electron chi connectivity index (χ4n) is 2.39. The van der Waals surface area contributed by atoms with Crippen LogP contribution in [-0.2, 0) is 4.74 Å². The standard InChI is InChI=1S/C12H22N4OS/c1-5-10-7-17-9(4)6-15(10)11-13-14-12(18)16(11)8(2)3/h8-10H,5-7H2,1-4H3,(H,14,18). The number of rotatable bonds is 3. The summed E-state index contributed by atoms with van der Waals surface area (Å²) in [7, 11) is 0. The quantitative estimate of drug-likeness (QED) is 0.857. The van der Waals surface area contributed by atoms with Crippen LogP contribution in [0.1, 0.15) is 40.2 Å². The fraction of sp³-hybridized carbons (Fsp3) is 0.833. The van der Waals surface area contributed by atoms with Crippen LogP contribution in [0.2, 0.25) is 0 Å². The minimum atomic E-state index is 0.235. The number of ether oxygens (including phenoxy) is 1. The van der Waals surface area contributed by atoms with E-state index in [9.17, 15) is 0 Å². The highest BCUT2D eigenvalue weighted by Gasteiger charge is 2.29. The Hall–Kier alpha value is -0.880. The predicted octanol–water partition coefficient (Wildman–Crippen LogP) is 2.53. The van der Waals surface area contributed by atoms with E-state index in [0.29, 0.717) is 16.9 Å². The van der Waals surface area contributed by atoms with Crippen molar-refractivity contribution < 1.29 is 4.74 Å². The normalized spacial score (nSPS) is 24.8. The molecule has 2 rings (SSSR count). The number of H-pyrrole nitrogens is 1. The van der Waals surface area contributed by atoms with Crippen LogP contribution in [0.15, 0.2) is 0 Å². The van der Waals surface area contributed by atoms with E-state index < -0.39 is 0 Å². The Balaban J connectivity index is 2.36. The van der Waals surface area contributed by atoms with Crippen LogP contribution in [0.25, 0.3) is 0 Å². The molecule has 2 atom stereocenters. The van der Waals surface area contributed by atoms with Gasteiger partial charge in [0.05, 0.1) is 18.8 Å². The van der Waals surface area contributed by atoms with Crippen molar-refractivity contribution in [3.8, 4) is 0 Å². The SMILES string of the molecule is CCC1COC(C)CN1c1n[nH]c(=S)n1C(C)C. The van der Waals surface area contributed by atoms with Crippen LogP contribution in [0, 0.1) is 4.77 Å². The van der Waals surface area contributed by atoms with E-state index in [-0.39, 0.29) is 6.10 Å². The molecule has 1 N–H and O–H groups in total. The Morgan fingerprint density at radius 2 is 2.28 bits per heavy atom. The van der Waals surface area contributed by atoms with Crippen LogP contribution in [0.4, 0.5) is 5.95 Å². The molecule has 0 spiro atoms. The third-order valence-corrected chi connectivity index (χ3v) is 3.69. The van der Waals surface area contributed by atoms with Crippen molar-refractivity contribution in [3.63, 3.8) is 0 Å². The predicted molar refractivity (Wildman–Crippen MR) is 74.6 cm³/mol. The maximum absolute atomic E-state index is 5.73. The van der Waals surface area contributed by atoms with Crippen molar-refractivity contribution in [1.82, 2.24) is 14.8 Å². The zero-order valence-corrected chi connectivity index (χ0v) is 12.3. The molecule has 6 heteroatoms. The molecule has 1 aliphatic heterocycles. The molecule has 5 nitrogen and oxygen atoms in total. The molecule has 2 heterocycles. The lowest BCUT2D eigenvalue weighted by Gasteiger charge is -2.39. The molecule has 1 fully saturated rings. The first kappa shape index (κ1) is 13.5. The van der Waals surface area contributed by atoms with Crippen molar-refractivity contribution in [2.45, 2.75) is 52.3 Å². The third kappa shape index (κ3) is 2.44. The molecular weight excluding hydrogens is 248 g/mol. The topological polar surface area (TPSA) is 46.1 Å². The number of aromatic amines is 1. The van der Waals surface area contributed by atoms with Crippen LogP contribution in [0.3, 0.4) is 0 Å². The molecule has 102 valence electrons. The first-order chi connectivity index (χ1) is 8.54. The summed E-state index contributed by atoms with van der Waals surface area (Å²) in [5, 5.41) is 7.32. The Morgan fingerprint density at radius 1 is 1.56 bits per heavy atom. The van der Waals surface area contributed by atoms with Gasteiger partial charge >= 0.3 is 0 Å². The number of anilines is 1. The number of morpholine rings is 1. The second-order valence-electron chi connectivity index (χ2n) is 5.15. The summed E-state index contributed by atoms with van der Waals surface area (Å²) in [5.74, 6) is 0.942. The molecule has 0 bridgehead atoms. The summed E-state index contributed by atoms with van der Waals surface area (Å²) in [6.45, 7) is 10.2. The van der Waals surface area contributed by atoms with E-state index in [1.165, 1.54) is 0 Å². The molecule has 0 amide bonds. The Labute approximate surface area is 113 Å². The summed E-state index contributed by atoms with van der Waals surface area (Å²) in [6, 6.07) is 0.686. The lowest BCUT2D eigenvalue weighted by atomic mass is 10.1. The molecule has 2 unspecified atom stereocenters. The average Bonchev–Trinajstić information content (AvgIpc) is 2.71. The van der Waals surface area contributed by atoms with Crippen LogP contribution in [-0.4, -0.2) is 40.1 Å². The molecule has 1 saturated heterocycles. The average molecular weight is 270 g/mol. The van der Waals surface area contributed by atoms with Gasteiger partial charge in [-0.1, -0.05) is 6.92 Å². The lowest BCUT2D eigenvalue weighted by molar-refractivity contribution is 0.0288. The highest BCUT2D eigenvalue weighted by Crippen LogP contribution is 2.24. The van der Waals surface area contributed by atoms with Crippen molar-refractivity contribution >= 4 is 18.2 Å². The fourth-order valence-corrected chi connectivity index (χ4v) is 2.73. The van der Waals surface area contributed by atoms with Gasteiger partial charge in [0.15, 0.2) is 4.77 Å². The molecule has 1 aromatic rings. The summed E-state index contributed by atoms with van der Waals surface area (Å²) in [6.07, 6.45) is 1.28. The lowest BCUT2D eigenvalue weighted by Crippen LogP contribution is -2.49. The maximum Gasteiger partial charge on any atom is 0.226 e. The molecule has 1 aliphatic rings. The van der Waals surface area contributed by atoms with Gasteiger partial charge in [-0.25, -0.2) is 5.10 Å². The highest BCUT2D eigenvalue weighted by atomic mass is 32.1. The number of hydrogen-bond donors (Lipinski definition) is 1. The third-order valence-electron chi connectivity index (χ3n) is 3.40. The zero-order chi connectivity index (χ0) is 13.3. The van der Waals surface area contributed by atoms with E-state index >= 15 is 0 Å². The second-order valence-corrected chi connectivity index (χ2v) is 5.54. The molecular formula is C12H22N4OS. The maximum atomic E-state index is 5.73. The Bertz CT molecular complexity index is 453. The zero-order valence-electron chi connectivity index (χ0n) is 11.5. The highest BCUT2D eigenvalue weighted by molar-refractivity contribution is 7.71. The monoisotopic (exact) mass is 270 g/mol. The van der Waals surface area contributed by atoms with Gasteiger partial charge in [-0.3, -0.25) is 4.57 Å². The largest absolute Gasteiger partial charge is 0.375 e. The van der Waals surface area contributed by atoms with E-state index in [2.05, 4.69) is 47.4 Å². The van der Waals surface area contributed by atoms with E-state index in [1.807, 2.05) is 0 Å².